The monoisotopic (exact) mass is 127 g/mol. The number of hydrogen-bond donors (Lipinski definition) is 0. The van der Waals surface area contributed by atoms with Gasteiger partial charge < -0.3 is 0 Å². The van der Waals surface area contributed by atoms with Crippen LogP contribution in [0.15, 0.2) is 17.9 Å². The molecule has 0 aliphatic rings. The SMILES string of the molecule is C=CC.C=[N+](C)N=[N+]=[N-]. The summed E-state index contributed by atoms with van der Waals surface area (Å²) in [6, 6.07) is 0. The fraction of sp³-hybridized carbons (Fsp3) is 0.400. The molecule has 9 heavy (non-hydrogen) atoms. The van der Waals surface area contributed by atoms with Gasteiger partial charge >= 0.3 is 0 Å². The van der Waals surface area contributed by atoms with Crippen molar-refractivity contribution in [3.8, 4) is 0 Å². The van der Waals surface area contributed by atoms with Crippen LogP contribution in [-0.4, -0.2) is 18.4 Å². The van der Waals surface area contributed by atoms with Gasteiger partial charge in [-0.3, -0.25) is 0 Å². The van der Waals surface area contributed by atoms with Crippen molar-refractivity contribution in [2.45, 2.75) is 6.92 Å². The van der Waals surface area contributed by atoms with E-state index in [9.17, 15) is 0 Å². The molecule has 0 aromatic carbocycles. The lowest BCUT2D eigenvalue weighted by atomic mass is 10.8. The van der Waals surface area contributed by atoms with E-state index in [1.54, 1.807) is 13.1 Å². The summed E-state index contributed by atoms with van der Waals surface area (Å²) in [5, 5.41) is 3.03. The van der Waals surface area contributed by atoms with E-state index in [0.717, 1.165) is 4.68 Å². The normalized spacial score (nSPS) is 5.56. The van der Waals surface area contributed by atoms with Crippen molar-refractivity contribution in [1.82, 2.24) is 0 Å². The molecule has 0 spiro atoms. The Kier molecular flexibility index (Phi) is 11.7. The van der Waals surface area contributed by atoms with E-state index in [0.29, 0.717) is 0 Å². The van der Waals surface area contributed by atoms with Gasteiger partial charge in [-0.15, -0.1) is 11.3 Å². The van der Waals surface area contributed by atoms with Crippen LogP contribution in [0.25, 0.3) is 10.4 Å². The van der Waals surface area contributed by atoms with Gasteiger partial charge in [-0.05, 0) is 6.92 Å². The highest BCUT2D eigenvalue weighted by Gasteiger charge is 1.71. The third kappa shape index (κ3) is 50.6. The minimum Gasteiger partial charge on any atom is -0.125 e. The van der Waals surface area contributed by atoms with Gasteiger partial charge in [0.15, 0.2) is 12.3 Å². The van der Waals surface area contributed by atoms with Gasteiger partial charge in [0.25, 0.3) is 0 Å². The average molecular weight is 127 g/mol. The lowest BCUT2D eigenvalue weighted by Gasteiger charge is -1.64. The Hall–Kier alpha value is -1.28. The van der Waals surface area contributed by atoms with Crippen molar-refractivity contribution in [2.24, 2.45) is 5.22 Å². The smallest absolute Gasteiger partial charge is 0.125 e. The maximum absolute atomic E-state index is 7.61. The van der Waals surface area contributed by atoms with Gasteiger partial charge in [-0.25, -0.2) is 0 Å². The second kappa shape index (κ2) is 9.87. The molecule has 50 valence electrons. The maximum atomic E-state index is 7.61. The van der Waals surface area contributed by atoms with E-state index < -0.39 is 0 Å². The highest BCUT2D eigenvalue weighted by molar-refractivity contribution is 5.13. The van der Waals surface area contributed by atoms with Crippen LogP contribution in [0.3, 0.4) is 0 Å². The molecule has 0 amide bonds. The van der Waals surface area contributed by atoms with Crippen molar-refractivity contribution < 1.29 is 4.68 Å². The molecule has 0 rings (SSSR count). The summed E-state index contributed by atoms with van der Waals surface area (Å²) in [5.41, 5.74) is 7.61. The highest BCUT2D eigenvalue weighted by atomic mass is 15.5. The molecule has 0 aromatic rings. The first-order valence-electron chi connectivity index (χ1n) is 2.35. The molecule has 0 radical (unpaired) electrons. The summed E-state index contributed by atoms with van der Waals surface area (Å²) < 4.78 is 1.14. The molecule has 0 aromatic heterocycles. The van der Waals surface area contributed by atoms with Crippen molar-refractivity contribution in [3.63, 3.8) is 0 Å². The molecule has 0 unspecified atom stereocenters. The zero-order chi connectivity index (χ0) is 7.70. The third-order valence-corrected chi connectivity index (χ3v) is 0.193. The van der Waals surface area contributed by atoms with E-state index in [1.807, 2.05) is 6.92 Å². The summed E-state index contributed by atoms with van der Waals surface area (Å²) in [5.74, 6) is 0. The Morgan fingerprint density at radius 2 is 2.11 bits per heavy atom. The number of rotatable bonds is 1. The molecule has 0 saturated heterocycles. The fourth-order valence-electron chi connectivity index (χ4n) is 0.0683. The summed E-state index contributed by atoms with van der Waals surface area (Å²) in [7, 11) is 1.56. The fourth-order valence-corrected chi connectivity index (χ4v) is 0.0683. The molecule has 0 heterocycles. The zero-order valence-electron chi connectivity index (χ0n) is 5.78. The van der Waals surface area contributed by atoms with Crippen molar-refractivity contribution in [1.29, 1.82) is 0 Å². The van der Waals surface area contributed by atoms with E-state index in [-0.39, 0.29) is 0 Å². The van der Waals surface area contributed by atoms with Crippen LogP contribution < -0.4 is 0 Å². The van der Waals surface area contributed by atoms with E-state index in [1.165, 1.54) is 0 Å². The quantitative estimate of drug-likeness (QED) is 0.0979. The number of hydrogen-bond acceptors (Lipinski definition) is 1. The number of allylic oxidation sites excluding steroid dienone is 1. The summed E-state index contributed by atoms with van der Waals surface area (Å²) in [6.45, 7) is 8.49. The van der Waals surface area contributed by atoms with Crippen LogP contribution in [0.4, 0.5) is 0 Å². The predicted octanol–water partition coefficient (Wildman–Crippen LogP) is 1.75. The lowest BCUT2D eigenvalue weighted by molar-refractivity contribution is -0.496. The van der Waals surface area contributed by atoms with Gasteiger partial charge in [-0.2, -0.15) is 0 Å². The lowest BCUT2D eigenvalue weighted by Crippen LogP contribution is -1.84. The molecule has 0 N–H and O–H groups in total. The Bertz CT molecular complexity index is 132. The molecule has 0 bridgehead atoms. The summed E-state index contributed by atoms with van der Waals surface area (Å²) >= 11 is 0. The van der Waals surface area contributed by atoms with Gasteiger partial charge in [0.2, 0.25) is 0 Å². The van der Waals surface area contributed by atoms with Crippen LogP contribution in [0.1, 0.15) is 6.92 Å². The minimum absolute atomic E-state index is 1.14. The second-order valence-electron chi connectivity index (χ2n) is 1.24. The number of nitrogens with zero attached hydrogens (tertiary/aromatic N) is 4. The minimum atomic E-state index is 1.14. The van der Waals surface area contributed by atoms with E-state index in [2.05, 4.69) is 23.4 Å². The van der Waals surface area contributed by atoms with Gasteiger partial charge in [0, 0.05) is 5.53 Å². The number of azide groups is 1. The second-order valence-corrected chi connectivity index (χ2v) is 1.24. The Balaban J connectivity index is 0. The van der Waals surface area contributed by atoms with Crippen LogP contribution in [-0.2, 0) is 0 Å². The molecule has 4 nitrogen and oxygen atoms in total. The van der Waals surface area contributed by atoms with Gasteiger partial charge in [0.05, 0.1) is 4.91 Å². The standard InChI is InChI=1S/C3H6.C2H5N4/c1-3-2;1-6(2)5-4-3/h3H,1H2,2H3;1H2,2H3/q;+1. The van der Waals surface area contributed by atoms with E-state index in [4.69, 9.17) is 5.53 Å². The molecule has 0 atom stereocenters. The zero-order valence-corrected chi connectivity index (χ0v) is 5.78. The van der Waals surface area contributed by atoms with Crippen molar-refractivity contribution in [2.75, 3.05) is 7.05 Å². The first-order valence-corrected chi connectivity index (χ1v) is 2.35. The third-order valence-electron chi connectivity index (χ3n) is 0.193. The van der Waals surface area contributed by atoms with Gasteiger partial charge in [-0.1, -0.05) is 6.08 Å². The molecule has 4 heteroatoms. The largest absolute Gasteiger partial charge is 0.196 e. The molecule has 0 saturated carbocycles. The molecular formula is C5H11N4+. The van der Waals surface area contributed by atoms with E-state index >= 15 is 0 Å². The van der Waals surface area contributed by atoms with Crippen molar-refractivity contribution >= 4 is 6.72 Å². The summed E-state index contributed by atoms with van der Waals surface area (Å²) in [6.07, 6.45) is 1.75. The molecule has 0 aliphatic carbocycles. The molecular weight excluding hydrogens is 116 g/mol. The first kappa shape index (κ1) is 10.7. The van der Waals surface area contributed by atoms with Crippen LogP contribution in [0, 0.1) is 0 Å². The Morgan fingerprint density at radius 1 is 1.78 bits per heavy atom. The van der Waals surface area contributed by atoms with Gasteiger partial charge in [0.1, 0.15) is 6.72 Å². The molecule has 0 aliphatic heterocycles. The highest BCUT2D eigenvalue weighted by Crippen LogP contribution is 1.61. The Morgan fingerprint density at radius 3 is 2.11 bits per heavy atom. The van der Waals surface area contributed by atoms with Crippen LogP contribution in [0.5, 0.6) is 0 Å². The summed E-state index contributed by atoms with van der Waals surface area (Å²) in [4.78, 5) is 2.42. The average Bonchev–Trinajstić information content (AvgIpc) is 1.67. The van der Waals surface area contributed by atoms with Crippen LogP contribution in [0.2, 0.25) is 0 Å². The predicted molar refractivity (Wildman–Crippen MR) is 38.3 cm³/mol. The topological polar surface area (TPSA) is 51.8 Å². The first-order chi connectivity index (χ1) is 4.18. The molecule has 0 fully saturated rings. The van der Waals surface area contributed by atoms with Crippen LogP contribution >= 0.6 is 0 Å². The Labute approximate surface area is 54.7 Å². The maximum Gasteiger partial charge on any atom is 0.196 e. The van der Waals surface area contributed by atoms with Crippen molar-refractivity contribution in [3.05, 3.63) is 23.1 Å².